The maximum atomic E-state index is 4.93. The molecule has 0 aliphatic rings. The highest BCUT2D eigenvalue weighted by molar-refractivity contribution is 7.99. The summed E-state index contributed by atoms with van der Waals surface area (Å²) in [5, 5.41) is 9.78. The van der Waals surface area contributed by atoms with Crippen molar-refractivity contribution in [3.63, 3.8) is 0 Å². The van der Waals surface area contributed by atoms with E-state index >= 15 is 0 Å². The summed E-state index contributed by atoms with van der Waals surface area (Å²) in [4.78, 5) is 9.61. The molecule has 0 aliphatic carbocycles. The number of anilines is 2. The Kier molecular flexibility index (Phi) is 8.91. The third-order valence-corrected chi connectivity index (χ3v) is 6.68. The van der Waals surface area contributed by atoms with E-state index in [0.29, 0.717) is 0 Å². The van der Waals surface area contributed by atoms with Crippen LogP contribution in [0.1, 0.15) is 41.0 Å². The van der Waals surface area contributed by atoms with Gasteiger partial charge in [-0.15, -0.1) is 10.2 Å². The van der Waals surface area contributed by atoms with Gasteiger partial charge in [0.2, 0.25) is 5.16 Å². The molecule has 1 aromatic heterocycles. The number of thioether (sulfide) groups is 1. The highest BCUT2D eigenvalue weighted by Crippen LogP contribution is 2.32. The number of hydrogen-bond acceptors (Lipinski definition) is 6. The Morgan fingerprint density at radius 2 is 1.09 bits per heavy atom. The van der Waals surface area contributed by atoms with Gasteiger partial charge < -0.3 is 9.80 Å². The minimum Gasteiger partial charge on any atom is -0.372 e. The summed E-state index contributed by atoms with van der Waals surface area (Å²) in [7, 11) is 0. The van der Waals surface area contributed by atoms with Gasteiger partial charge in [-0.25, -0.2) is 4.98 Å². The molecule has 170 valence electrons. The van der Waals surface area contributed by atoms with E-state index in [4.69, 9.17) is 4.98 Å². The number of aromatic nitrogens is 3. The summed E-state index contributed by atoms with van der Waals surface area (Å²) in [6.07, 6.45) is 1.08. The first kappa shape index (κ1) is 24.1. The van der Waals surface area contributed by atoms with Crippen LogP contribution in [-0.4, -0.2) is 47.1 Å². The predicted molar refractivity (Wildman–Crippen MR) is 139 cm³/mol. The summed E-state index contributed by atoms with van der Waals surface area (Å²) < 4.78 is 0. The lowest BCUT2D eigenvalue weighted by Gasteiger charge is -2.21. The smallest absolute Gasteiger partial charge is 0.209 e. The molecule has 32 heavy (non-hydrogen) atoms. The van der Waals surface area contributed by atoms with Crippen LogP contribution in [-0.2, 0) is 0 Å². The van der Waals surface area contributed by atoms with Crippen molar-refractivity contribution in [2.24, 2.45) is 0 Å². The van der Waals surface area contributed by atoms with Crippen molar-refractivity contribution in [2.45, 2.75) is 46.2 Å². The van der Waals surface area contributed by atoms with E-state index in [1.807, 2.05) is 0 Å². The summed E-state index contributed by atoms with van der Waals surface area (Å²) in [6, 6.07) is 17.2. The molecule has 0 radical (unpaired) electrons. The number of rotatable bonds is 11. The predicted octanol–water partition coefficient (Wildman–Crippen LogP) is 6.40. The zero-order chi connectivity index (χ0) is 22.9. The van der Waals surface area contributed by atoms with E-state index < -0.39 is 0 Å². The Morgan fingerprint density at radius 1 is 0.625 bits per heavy atom. The summed E-state index contributed by atoms with van der Waals surface area (Å²) >= 11 is 1.66. The van der Waals surface area contributed by atoms with Crippen LogP contribution < -0.4 is 9.80 Å². The first-order valence-corrected chi connectivity index (χ1v) is 12.7. The molecule has 1 heterocycles. The molecular weight excluding hydrogens is 414 g/mol. The lowest BCUT2D eigenvalue weighted by molar-refractivity contribution is 0.847. The molecular formula is C26H35N5S. The van der Waals surface area contributed by atoms with Crippen LogP contribution in [0.4, 0.5) is 11.4 Å². The Morgan fingerprint density at radius 3 is 1.53 bits per heavy atom. The molecule has 0 bridgehead atoms. The topological polar surface area (TPSA) is 45.2 Å². The lowest BCUT2D eigenvalue weighted by Crippen LogP contribution is -2.21. The highest BCUT2D eigenvalue weighted by atomic mass is 32.2. The van der Waals surface area contributed by atoms with Gasteiger partial charge in [0.1, 0.15) is 11.4 Å². The summed E-state index contributed by atoms with van der Waals surface area (Å²) in [5.41, 5.74) is 6.27. The number of benzene rings is 2. The molecule has 6 heteroatoms. The Labute approximate surface area is 197 Å². The van der Waals surface area contributed by atoms with Gasteiger partial charge in [0.05, 0.1) is 0 Å². The van der Waals surface area contributed by atoms with Gasteiger partial charge in [0, 0.05) is 54.4 Å². The average molecular weight is 450 g/mol. The van der Waals surface area contributed by atoms with Crippen molar-refractivity contribution >= 4 is 23.1 Å². The molecule has 0 saturated carbocycles. The van der Waals surface area contributed by atoms with Crippen molar-refractivity contribution in [1.29, 1.82) is 0 Å². The van der Waals surface area contributed by atoms with E-state index in [1.165, 1.54) is 11.4 Å². The molecule has 0 fully saturated rings. The first-order valence-electron chi connectivity index (χ1n) is 11.7. The van der Waals surface area contributed by atoms with Crippen molar-refractivity contribution in [3.05, 3.63) is 48.5 Å². The van der Waals surface area contributed by atoms with Crippen LogP contribution in [0, 0.1) is 0 Å². The standard InChI is InChI=1S/C26H35N5S/c1-6-19-32-26-27-24(20-11-15-22(16-12-20)30(7-2)8-3)25(28-29-26)21-13-17-23(18-14-21)31(9-4)10-5/h11-18H,6-10,19H2,1-5H3. The molecule has 0 atom stereocenters. The maximum absolute atomic E-state index is 4.93. The molecule has 0 unspecified atom stereocenters. The van der Waals surface area contributed by atoms with Gasteiger partial charge in [-0.05, 0) is 58.4 Å². The van der Waals surface area contributed by atoms with Crippen LogP contribution in [0.5, 0.6) is 0 Å². The molecule has 3 rings (SSSR count). The fourth-order valence-corrected chi connectivity index (χ4v) is 4.44. The molecule has 5 nitrogen and oxygen atoms in total. The highest BCUT2D eigenvalue weighted by Gasteiger charge is 2.15. The molecule has 0 amide bonds. The quantitative estimate of drug-likeness (QED) is 0.316. The molecule has 0 spiro atoms. The minimum atomic E-state index is 0.734. The van der Waals surface area contributed by atoms with Crippen LogP contribution in [0.25, 0.3) is 22.5 Å². The van der Waals surface area contributed by atoms with Crippen molar-refractivity contribution in [1.82, 2.24) is 15.2 Å². The summed E-state index contributed by atoms with van der Waals surface area (Å²) in [5.74, 6) is 0.986. The number of nitrogens with zero attached hydrogens (tertiary/aromatic N) is 5. The van der Waals surface area contributed by atoms with Crippen LogP contribution in [0.15, 0.2) is 53.7 Å². The first-order chi connectivity index (χ1) is 15.6. The largest absolute Gasteiger partial charge is 0.372 e. The van der Waals surface area contributed by atoms with E-state index in [9.17, 15) is 0 Å². The zero-order valence-corrected chi connectivity index (χ0v) is 20.8. The van der Waals surface area contributed by atoms with Gasteiger partial charge in [-0.3, -0.25) is 0 Å². The second kappa shape index (κ2) is 11.9. The second-order valence-electron chi connectivity index (χ2n) is 7.58. The van der Waals surface area contributed by atoms with E-state index in [-0.39, 0.29) is 0 Å². The molecule has 0 aliphatic heterocycles. The Balaban J connectivity index is 2.01. The minimum absolute atomic E-state index is 0.734. The molecule has 0 saturated heterocycles. The third-order valence-electron chi connectivity index (χ3n) is 5.64. The SMILES string of the molecule is CCCSc1nnc(-c2ccc(N(CC)CC)cc2)c(-c2ccc(N(CC)CC)cc2)n1. The van der Waals surface area contributed by atoms with Crippen molar-refractivity contribution < 1.29 is 0 Å². The lowest BCUT2D eigenvalue weighted by atomic mass is 10.0. The fourth-order valence-electron chi connectivity index (χ4n) is 3.80. The van der Waals surface area contributed by atoms with Crippen LogP contribution in [0.2, 0.25) is 0 Å². The second-order valence-corrected chi connectivity index (χ2v) is 8.64. The maximum Gasteiger partial charge on any atom is 0.209 e. The summed E-state index contributed by atoms with van der Waals surface area (Å²) in [6.45, 7) is 14.9. The molecule has 2 aromatic carbocycles. The van der Waals surface area contributed by atoms with E-state index in [2.05, 4.69) is 103 Å². The Bertz CT molecular complexity index is 965. The van der Waals surface area contributed by atoms with E-state index in [1.54, 1.807) is 11.8 Å². The zero-order valence-electron chi connectivity index (χ0n) is 20.0. The molecule has 3 aromatic rings. The Hall–Kier alpha value is -2.60. The van der Waals surface area contributed by atoms with Gasteiger partial charge >= 0.3 is 0 Å². The van der Waals surface area contributed by atoms with Gasteiger partial charge in [-0.1, -0.05) is 43.0 Å². The van der Waals surface area contributed by atoms with Gasteiger partial charge in [0.15, 0.2) is 0 Å². The fraction of sp³-hybridized carbons (Fsp3) is 0.423. The van der Waals surface area contributed by atoms with Crippen molar-refractivity contribution in [2.75, 3.05) is 41.7 Å². The van der Waals surface area contributed by atoms with Crippen LogP contribution in [0.3, 0.4) is 0 Å². The van der Waals surface area contributed by atoms with Crippen molar-refractivity contribution in [3.8, 4) is 22.5 Å². The van der Waals surface area contributed by atoms with Gasteiger partial charge in [0.25, 0.3) is 0 Å². The number of hydrogen-bond donors (Lipinski definition) is 0. The van der Waals surface area contributed by atoms with E-state index in [0.717, 1.165) is 66.0 Å². The van der Waals surface area contributed by atoms with Crippen LogP contribution >= 0.6 is 11.8 Å². The normalized spacial score (nSPS) is 10.9. The van der Waals surface area contributed by atoms with Gasteiger partial charge in [-0.2, -0.15) is 0 Å². The third kappa shape index (κ3) is 5.60. The average Bonchev–Trinajstić information content (AvgIpc) is 2.85. The molecule has 0 N–H and O–H groups in total. The monoisotopic (exact) mass is 449 g/mol.